The monoisotopic (exact) mass is 309 g/mol. The van der Waals surface area contributed by atoms with Crippen molar-refractivity contribution >= 4 is 23.4 Å². The third-order valence-corrected chi connectivity index (χ3v) is 3.66. The van der Waals surface area contributed by atoms with E-state index in [-0.39, 0.29) is 0 Å². The zero-order chi connectivity index (χ0) is 15.2. The van der Waals surface area contributed by atoms with Crippen LogP contribution in [0.1, 0.15) is 24.0 Å². The summed E-state index contributed by atoms with van der Waals surface area (Å²) in [4.78, 5) is 5.55. The largest absolute Gasteiger partial charge is 0.357 e. The molecule has 0 spiro atoms. The molecule has 0 saturated carbocycles. The second-order valence-electron chi connectivity index (χ2n) is 5.03. The lowest BCUT2D eigenvalue weighted by Gasteiger charge is -2.03. The Balaban J connectivity index is 1.71. The molecule has 0 saturated heterocycles. The molecule has 0 aliphatic carbocycles. The number of rotatable bonds is 3. The minimum Gasteiger partial charge on any atom is -0.357 e. The normalized spacial score (nSPS) is 15.0. The molecule has 1 aliphatic heterocycles. The van der Waals surface area contributed by atoms with E-state index in [4.69, 9.17) is 16.4 Å². The molecular formula is C19H16ClNO. The van der Waals surface area contributed by atoms with Crippen molar-refractivity contribution in [2.75, 3.05) is 0 Å². The van der Waals surface area contributed by atoms with Crippen LogP contribution < -0.4 is 0 Å². The van der Waals surface area contributed by atoms with E-state index in [9.17, 15) is 0 Å². The average Bonchev–Trinajstić information content (AvgIpc) is 2.80. The first-order chi connectivity index (χ1) is 10.8. The molecule has 0 atom stereocenters. The molecule has 0 radical (unpaired) electrons. The number of oxime groups is 1. The molecule has 0 fully saturated rings. The Hall–Kier alpha value is -2.32. The molecule has 1 heterocycles. The van der Waals surface area contributed by atoms with Gasteiger partial charge in [-0.1, -0.05) is 65.3 Å². The lowest BCUT2D eigenvalue weighted by Crippen LogP contribution is -1.99. The van der Waals surface area contributed by atoms with Crippen molar-refractivity contribution in [2.24, 2.45) is 5.16 Å². The lowest BCUT2D eigenvalue weighted by atomic mass is 10.1. The summed E-state index contributed by atoms with van der Waals surface area (Å²) < 4.78 is 0. The molecule has 0 bridgehead atoms. The van der Waals surface area contributed by atoms with Crippen molar-refractivity contribution in [3.05, 3.63) is 88.7 Å². The van der Waals surface area contributed by atoms with E-state index >= 15 is 0 Å². The topological polar surface area (TPSA) is 21.6 Å². The molecule has 110 valence electrons. The molecule has 2 aromatic carbocycles. The third-order valence-electron chi connectivity index (χ3n) is 3.40. The van der Waals surface area contributed by atoms with E-state index in [1.165, 1.54) is 0 Å². The molecule has 0 amide bonds. The summed E-state index contributed by atoms with van der Waals surface area (Å²) >= 11 is 5.91. The summed E-state index contributed by atoms with van der Waals surface area (Å²) in [6.07, 6.45) is 7.78. The SMILES string of the molecule is Clc1ccc(C2=NOC(/C=C/c3ccccc3)=CCC2)cc1. The number of hydrogen-bond acceptors (Lipinski definition) is 2. The highest BCUT2D eigenvalue weighted by Crippen LogP contribution is 2.18. The zero-order valence-corrected chi connectivity index (χ0v) is 12.8. The standard InChI is InChI=1S/C19H16ClNO/c20-17-12-10-16(11-13-17)19-8-4-7-18(22-21-19)14-9-15-5-2-1-3-6-15/h1-3,5-7,9-14H,4,8H2/b14-9+. The fourth-order valence-electron chi connectivity index (χ4n) is 2.22. The van der Waals surface area contributed by atoms with Crippen molar-refractivity contribution in [3.8, 4) is 0 Å². The molecular weight excluding hydrogens is 294 g/mol. The van der Waals surface area contributed by atoms with Gasteiger partial charge in [-0.2, -0.15) is 0 Å². The van der Waals surface area contributed by atoms with Crippen LogP contribution in [-0.4, -0.2) is 5.71 Å². The van der Waals surface area contributed by atoms with Gasteiger partial charge >= 0.3 is 0 Å². The second kappa shape index (κ2) is 7.10. The van der Waals surface area contributed by atoms with Gasteiger partial charge in [0.1, 0.15) is 0 Å². The predicted molar refractivity (Wildman–Crippen MR) is 91.9 cm³/mol. The van der Waals surface area contributed by atoms with Crippen molar-refractivity contribution in [3.63, 3.8) is 0 Å². The number of allylic oxidation sites excluding steroid dienone is 2. The van der Waals surface area contributed by atoms with Crippen molar-refractivity contribution in [1.82, 2.24) is 0 Å². The van der Waals surface area contributed by atoms with Gasteiger partial charge in [-0.15, -0.1) is 0 Å². The number of nitrogens with zero attached hydrogens (tertiary/aromatic N) is 1. The Labute approximate surface area is 135 Å². The maximum Gasteiger partial charge on any atom is 0.154 e. The van der Waals surface area contributed by atoms with Crippen LogP contribution in [0.5, 0.6) is 0 Å². The van der Waals surface area contributed by atoms with Crippen molar-refractivity contribution in [1.29, 1.82) is 0 Å². The summed E-state index contributed by atoms with van der Waals surface area (Å²) in [7, 11) is 0. The van der Waals surface area contributed by atoms with Crippen LogP contribution in [0.3, 0.4) is 0 Å². The second-order valence-corrected chi connectivity index (χ2v) is 5.46. The lowest BCUT2D eigenvalue weighted by molar-refractivity contribution is 0.242. The molecule has 2 nitrogen and oxygen atoms in total. The fourth-order valence-corrected chi connectivity index (χ4v) is 2.35. The fraction of sp³-hybridized carbons (Fsp3) is 0.105. The van der Waals surface area contributed by atoms with Crippen molar-refractivity contribution < 1.29 is 4.84 Å². The summed E-state index contributed by atoms with van der Waals surface area (Å²) in [5.41, 5.74) is 3.13. The molecule has 0 aromatic heterocycles. The van der Waals surface area contributed by atoms with E-state index in [0.717, 1.165) is 40.5 Å². The molecule has 2 aromatic rings. The number of hydrogen-bond donors (Lipinski definition) is 0. The summed E-state index contributed by atoms with van der Waals surface area (Å²) in [6, 6.07) is 17.8. The minimum atomic E-state index is 0.725. The average molecular weight is 310 g/mol. The van der Waals surface area contributed by atoms with Gasteiger partial charge < -0.3 is 4.84 Å². The van der Waals surface area contributed by atoms with Crippen LogP contribution in [0, 0.1) is 0 Å². The van der Waals surface area contributed by atoms with Gasteiger partial charge in [-0.25, -0.2) is 0 Å². The van der Waals surface area contributed by atoms with Gasteiger partial charge in [0.15, 0.2) is 5.76 Å². The maximum atomic E-state index is 5.91. The van der Waals surface area contributed by atoms with Gasteiger partial charge in [0, 0.05) is 5.02 Å². The van der Waals surface area contributed by atoms with E-state index in [0.29, 0.717) is 0 Å². The highest BCUT2D eigenvalue weighted by Gasteiger charge is 2.08. The Morgan fingerprint density at radius 1 is 0.955 bits per heavy atom. The number of halogens is 1. The van der Waals surface area contributed by atoms with Crippen LogP contribution in [0.4, 0.5) is 0 Å². The van der Waals surface area contributed by atoms with Crippen LogP contribution in [0.25, 0.3) is 6.08 Å². The van der Waals surface area contributed by atoms with Crippen LogP contribution in [-0.2, 0) is 4.84 Å². The van der Waals surface area contributed by atoms with E-state index in [1.54, 1.807) is 0 Å². The first-order valence-corrected chi connectivity index (χ1v) is 7.62. The van der Waals surface area contributed by atoms with Gasteiger partial charge in [0.25, 0.3) is 0 Å². The molecule has 22 heavy (non-hydrogen) atoms. The van der Waals surface area contributed by atoms with Gasteiger partial charge in [0.2, 0.25) is 0 Å². The molecule has 3 rings (SSSR count). The summed E-state index contributed by atoms with van der Waals surface area (Å²) in [6.45, 7) is 0. The van der Waals surface area contributed by atoms with Crippen LogP contribution in [0.15, 0.2) is 77.7 Å². The Kier molecular flexibility index (Phi) is 4.71. The van der Waals surface area contributed by atoms with Crippen LogP contribution >= 0.6 is 11.6 Å². The molecule has 0 unspecified atom stereocenters. The van der Waals surface area contributed by atoms with E-state index in [1.807, 2.05) is 54.6 Å². The maximum absolute atomic E-state index is 5.91. The summed E-state index contributed by atoms with van der Waals surface area (Å²) in [5.74, 6) is 0.771. The van der Waals surface area contributed by atoms with E-state index < -0.39 is 0 Å². The summed E-state index contributed by atoms with van der Waals surface area (Å²) in [5, 5.41) is 5.00. The Bertz CT molecular complexity index is 715. The number of benzene rings is 2. The van der Waals surface area contributed by atoms with E-state index in [2.05, 4.69) is 23.4 Å². The minimum absolute atomic E-state index is 0.725. The van der Waals surface area contributed by atoms with Crippen molar-refractivity contribution in [2.45, 2.75) is 12.8 Å². The van der Waals surface area contributed by atoms with Crippen LogP contribution in [0.2, 0.25) is 5.02 Å². The predicted octanol–water partition coefficient (Wildman–Crippen LogP) is 5.45. The molecule has 0 N–H and O–H groups in total. The Morgan fingerprint density at radius 3 is 2.50 bits per heavy atom. The van der Waals surface area contributed by atoms with Gasteiger partial charge in [-0.05, 0) is 48.3 Å². The third kappa shape index (κ3) is 3.86. The smallest absolute Gasteiger partial charge is 0.154 e. The van der Waals surface area contributed by atoms with Gasteiger partial charge in [0.05, 0.1) is 5.71 Å². The Morgan fingerprint density at radius 2 is 1.73 bits per heavy atom. The highest BCUT2D eigenvalue weighted by molar-refractivity contribution is 6.30. The first kappa shape index (κ1) is 14.6. The highest BCUT2D eigenvalue weighted by atomic mass is 35.5. The molecule has 1 aliphatic rings. The zero-order valence-electron chi connectivity index (χ0n) is 12.1. The van der Waals surface area contributed by atoms with Gasteiger partial charge in [-0.3, -0.25) is 0 Å². The quantitative estimate of drug-likeness (QED) is 0.738. The molecule has 3 heteroatoms. The first-order valence-electron chi connectivity index (χ1n) is 7.24.